The summed E-state index contributed by atoms with van der Waals surface area (Å²) in [7, 11) is 0. The van der Waals surface area contributed by atoms with Crippen LogP contribution in [-0.2, 0) is 33.6 Å². The van der Waals surface area contributed by atoms with Crippen LogP contribution in [-0.4, -0.2) is 43.5 Å². The molecule has 0 radical (unpaired) electrons. The monoisotopic (exact) mass is 582 g/mol. The Labute approximate surface area is 252 Å². The highest BCUT2D eigenvalue weighted by atomic mass is 16.5. The minimum absolute atomic E-state index is 0.0472. The molecular formula is C36H38O7. The molecule has 0 bridgehead atoms. The topological polar surface area (TPSA) is 91.3 Å². The van der Waals surface area contributed by atoms with E-state index in [0.717, 1.165) is 69.2 Å². The van der Waals surface area contributed by atoms with Crippen molar-refractivity contribution in [3.63, 3.8) is 0 Å². The van der Waals surface area contributed by atoms with Crippen LogP contribution in [0.15, 0.2) is 61.2 Å². The zero-order valence-electron chi connectivity index (χ0n) is 24.6. The number of hydrogen-bond donors (Lipinski definition) is 1. The Morgan fingerprint density at radius 1 is 0.791 bits per heavy atom. The van der Waals surface area contributed by atoms with Gasteiger partial charge in [-0.3, -0.25) is 9.59 Å². The van der Waals surface area contributed by atoms with Gasteiger partial charge in [-0.05, 0) is 66.5 Å². The lowest BCUT2D eigenvalue weighted by Crippen LogP contribution is -2.07. The third-order valence-corrected chi connectivity index (χ3v) is 8.84. The normalized spacial score (nSPS) is 22.8. The van der Waals surface area contributed by atoms with Crippen LogP contribution in [0.5, 0.6) is 17.2 Å². The molecule has 7 nitrogen and oxygen atoms in total. The molecular weight excluding hydrogens is 544 g/mol. The molecule has 3 aliphatic heterocycles. The van der Waals surface area contributed by atoms with Crippen LogP contribution in [0.4, 0.5) is 0 Å². The van der Waals surface area contributed by atoms with Crippen LogP contribution in [0, 0.1) is 11.8 Å². The third-order valence-electron chi connectivity index (χ3n) is 8.84. The molecule has 8 rings (SSSR count). The number of esters is 1. The zero-order chi connectivity index (χ0) is 29.9. The molecule has 0 saturated heterocycles. The molecule has 2 saturated carbocycles. The van der Waals surface area contributed by atoms with E-state index in [1.54, 1.807) is 0 Å². The third kappa shape index (κ3) is 6.12. The van der Waals surface area contributed by atoms with Gasteiger partial charge in [0.2, 0.25) is 0 Å². The second-order valence-electron chi connectivity index (χ2n) is 11.5. The fourth-order valence-corrected chi connectivity index (χ4v) is 6.49. The molecule has 0 amide bonds. The van der Waals surface area contributed by atoms with Crippen molar-refractivity contribution in [2.45, 2.75) is 50.9 Å². The Balaban J connectivity index is 0.000000117. The van der Waals surface area contributed by atoms with Gasteiger partial charge in [-0.2, -0.15) is 0 Å². The van der Waals surface area contributed by atoms with Gasteiger partial charge in [0.15, 0.2) is 0 Å². The van der Waals surface area contributed by atoms with Gasteiger partial charge < -0.3 is 24.1 Å². The first-order chi connectivity index (χ1) is 21.0. The highest BCUT2D eigenvalue weighted by Crippen LogP contribution is 2.51. The molecule has 43 heavy (non-hydrogen) atoms. The van der Waals surface area contributed by atoms with Crippen LogP contribution in [0.25, 0.3) is 6.08 Å². The Morgan fingerprint density at radius 2 is 1.28 bits per heavy atom. The van der Waals surface area contributed by atoms with E-state index in [2.05, 4.69) is 18.7 Å². The van der Waals surface area contributed by atoms with Crippen molar-refractivity contribution in [2.75, 3.05) is 26.4 Å². The Hall–Kier alpha value is -4.26. The maximum absolute atomic E-state index is 11.6. The molecule has 0 unspecified atom stereocenters. The summed E-state index contributed by atoms with van der Waals surface area (Å²) in [5.74, 6) is 2.73. The molecule has 7 heteroatoms. The van der Waals surface area contributed by atoms with Gasteiger partial charge in [-0.1, -0.05) is 49.1 Å². The van der Waals surface area contributed by atoms with Gasteiger partial charge in [-0.15, -0.1) is 0 Å². The van der Waals surface area contributed by atoms with Crippen LogP contribution in [0.3, 0.4) is 0 Å². The van der Waals surface area contributed by atoms with Gasteiger partial charge >= 0.3 is 11.9 Å². The van der Waals surface area contributed by atoms with Crippen molar-refractivity contribution in [3.05, 3.63) is 94.6 Å². The van der Waals surface area contributed by atoms with Gasteiger partial charge in [0.05, 0.1) is 38.3 Å². The summed E-state index contributed by atoms with van der Waals surface area (Å²) >= 11 is 0. The number of aliphatic carboxylic acids is 1. The second-order valence-corrected chi connectivity index (χ2v) is 11.5. The Bertz CT molecular complexity index is 1530. The molecule has 3 heterocycles. The predicted octanol–water partition coefficient (Wildman–Crippen LogP) is 6.36. The summed E-state index contributed by atoms with van der Waals surface area (Å²) in [6.45, 7) is 8.39. The molecule has 3 aromatic rings. The summed E-state index contributed by atoms with van der Waals surface area (Å²) in [5, 5.41) is 8.90. The number of carbonyl (C=O) groups excluding carboxylic acids is 1. The maximum Gasteiger partial charge on any atom is 0.309 e. The quantitative estimate of drug-likeness (QED) is 0.338. The van der Waals surface area contributed by atoms with Crippen LogP contribution in [0.1, 0.15) is 65.0 Å². The fourth-order valence-electron chi connectivity index (χ4n) is 6.49. The largest absolute Gasteiger partial charge is 0.493 e. The number of hydrogen-bond acceptors (Lipinski definition) is 6. The Kier molecular flexibility index (Phi) is 8.41. The van der Waals surface area contributed by atoms with Crippen molar-refractivity contribution in [3.8, 4) is 17.2 Å². The number of ether oxygens (including phenoxy) is 4. The van der Waals surface area contributed by atoms with E-state index in [4.69, 9.17) is 24.1 Å². The maximum atomic E-state index is 11.6. The molecule has 3 aromatic carbocycles. The first-order valence-electron chi connectivity index (χ1n) is 15.3. The summed E-state index contributed by atoms with van der Waals surface area (Å²) in [5.41, 5.74) is 7.52. The Morgan fingerprint density at radius 3 is 1.79 bits per heavy atom. The standard InChI is InChI=1S/C14H16O3.C12H12O3.C10H10O/c1-2-16-14(15)12-8-11(12)9-4-3-5-13-10(9)6-7-17-13;13-12(14)10-6-9(10)7-2-1-3-11-8(7)4-5-15-11;1-2-8-4-3-5-10-9(8)6-7-11-10/h3-5,11-12H,2,6-8H2,1H3;1-3,9-10H,4-6H2,(H,13,14);2-5H,1,6-7H2/t11-,12+;9-,10+;/m00./s1. The highest BCUT2D eigenvalue weighted by molar-refractivity contribution is 5.78. The lowest BCUT2D eigenvalue weighted by molar-refractivity contribution is -0.144. The van der Waals surface area contributed by atoms with E-state index < -0.39 is 5.97 Å². The molecule has 1 N–H and O–H groups in total. The number of benzene rings is 3. The van der Waals surface area contributed by atoms with Crippen LogP contribution >= 0.6 is 0 Å². The van der Waals surface area contributed by atoms with Gasteiger partial charge in [0.25, 0.3) is 0 Å². The molecule has 2 aliphatic carbocycles. The number of rotatable bonds is 6. The molecule has 0 spiro atoms. The SMILES string of the molecule is C=Cc1cccc2c1CCO2.CCOC(=O)[C@@H]1C[C@H]1c1cccc2c1CCO2.O=C(O)[C@@H]1C[C@H]1c1cccc2c1CCO2. The van der Waals surface area contributed by atoms with E-state index >= 15 is 0 Å². The smallest absolute Gasteiger partial charge is 0.309 e. The van der Waals surface area contributed by atoms with Crippen molar-refractivity contribution in [2.24, 2.45) is 11.8 Å². The predicted molar refractivity (Wildman–Crippen MR) is 163 cm³/mol. The number of carboxylic acids is 1. The van der Waals surface area contributed by atoms with Crippen molar-refractivity contribution >= 4 is 18.0 Å². The lowest BCUT2D eigenvalue weighted by Gasteiger charge is -2.06. The second kappa shape index (κ2) is 12.5. The van der Waals surface area contributed by atoms with Gasteiger partial charge in [0, 0.05) is 36.0 Å². The first-order valence-corrected chi connectivity index (χ1v) is 15.3. The lowest BCUT2D eigenvalue weighted by atomic mass is 10.00. The summed E-state index contributed by atoms with van der Waals surface area (Å²) in [6, 6.07) is 18.2. The number of carbonyl (C=O) groups is 2. The molecule has 5 aliphatic rings. The number of fused-ring (bicyclic) bond motifs is 3. The molecule has 224 valence electrons. The van der Waals surface area contributed by atoms with E-state index in [1.165, 1.54) is 33.4 Å². The van der Waals surface area contributed by atoms with E-state index in [-0.39, 0.29) is 23.7 Å². The van der Waals surface area contributed by atoms with E-state index in [1.807, 2.05) is 55.5 Å². The summed E-state index contributed by atoms with van der Waals surface area (Å²) < 4.78 is 21.5. The van der Waals surface area contributed by atoms with Crippen molar-refractivity contribution < 1.29 is 33.6 Å². The van der Waals surface area contributed by atoms with E-state index in [0.29, 0.717) is 12.5 Å². The van der Waals surface area contributed by atoms with Crippen LogP contribution < -0.4 is 14.2 Å². The summed E-state index contributed by atoms with van der Waals surface area (Å²) in [6.07, 6.45) is 6.51. The fraction of sp³-hybridized carbons (Fsp3) is 0.389. The first kappa shape index (κ1) is 28.8. The molecule has 0 aromatic heterocycles. The van der Waals surface area contributed by atoms with Gasteiger partial charge in [-0.25, -0.2) is 0 Å². The molecule has 2 fully saturated rings. The minimum atomic E-state index is -0.670. The zero-order valence-corrected chi connectivity index (χ0v) is 24.6. The van der Waals surface area contributed by atoms with Crippen molar-refractivity contribution in [1.29, 1.82) is 0 Å². The molecule has 4 atom stereocenters. The average Bonchev–Trinajstić information content (AvgIpc) is 3.78. The summed E-state index contributed by atoms with van der Waals surface area (Å²) in [4.78, 5) is 22.5. The minimum Gasteiger partial charge on any atom is -0.493 e. The highest BCUT2D eigenvalue weighted by Gasteiger charge is 2.47. The number of carboxylic acid groups (broad SMARTS) is 1. The van der Waals surface area contributed by atoms with Crippen LogP contribution in [0.2, 0.25) is 0 Å². The van der Waals surface area contributed by atoms with E-state index in [9.17, 15) is 9.59 Å². The van der Waals surface area contributed by atoms with Gasteiger partial charge in [0.1, 0.15) is 17.2 Å². The average molecular weight is 583 g/mol. The van der Waals surface area contributed by atoms with Crippen molar-refractivity contribution in [1.82, 2.24) is 0 Å².